The lowest BCUT2D eigenvalue weighted by Crippen LogP contribution is -2.23. The molecule has 31 heavy (non-hydrogen) atoms. The van der Waals surface area contributed by atoms with E-state index in [1.165, 1.54) is 23.1 Å². The molecule has 4 aromatic rings. The summed E-state index contributed by atoms with van der Waals surface area (Å²) >= 11 is 8.89. The molecule has 0 saturated carbocycles. The maximum absolute atomic E-state index is 12.4. The van der Waals surface area contributed by atoms with Crippen molar-refractivity contribution in [1.29, 1.82) is 0 Å². The van der Waals surface area contributed by atoms with Crippen molar-refractivity contribution in [3.05, 3.63) is 70.2 Å². The Kier molecular flexibility index (Phi) is 6.64. The number of hydrogen-bond acceptors (Lipinski definition) is 7. The highest BCUT2D eigenvalue weighted by molar-refractivity contribution is 7.98. The highest BCUT2D eigenvalue weighted by Crippen LogP contribution is 2.33. The van der Waals surface area contributed by atoms with Gasteiger partial charge in [-0.3, -0.25) is 9.69 Å². The quantitative estimate of drug-likeness (QED) is 0.340. The summed E-state index contributed by atoms with van der Waals surface area (Å²) in [5.74, 6) is 0.507. The van der Waals surface area contributed by atoms with Crippen LogP contribution in [0.4, 0.5) is 10.8 Å². The van der Waals surface area contributed by atoms with Gasteiger partial charge < -0.3 is 0 Å². The van der Waals surface area contributed by atoms with E-state index in [9.17, 15) is 4.79 Å². The molecule has 0 atom stereocenters. The number of rotatable bonds is 7. The predicted octanol–water partition coefficient (Wildman–Crippen LogP) is 5.31. The second kappa shape index (κ2) is 9.59. The molecular weight excluding hydrogens is 452 g/mol. The summed E-state index contributed by atoms with van der Waals surface area (Å²) in [6.07, 6.45) is 0.835. The molecule has 2 aromatic heterocycles. The van der Waals surface area contributed by atoms with E-state index in [1.807, 2.05) is 41.8 Å². The summed E-state index contributed by atoms with van der Waals surface area (Å²) < 4.78 is 1.66. The van der Waals surface area contributed by atoms with Crippen LogP contribution in [0.5, 0.6) is 0 Å². The minimum atomic E-state index is -0.0684. The number of nitrogens with zero attached hydrogens (tertiary/aromatic N) is 6. The Bertz CT molecular complexity index is 1190. The number of tetrazole rings is 1. The number of aromatic nitrogens is 5. The summed E-state index contributed by atoms with van der Waals surface area (Å²) in [6, 6.07) is 15.2. The van der Waals surface area contributed by atoms with Crippen LogP contribution >= 0.6 is 34.7 Å². The van der Waals surface area contributed by atoms with Gasteiger partial charge in [-0.2, -0.15) is 4.68 Å². The van der Waals surface area contributed by atoms with Crippen molar-refractivity contribution in [2.75, 3.05) is 4.90 Å². The smallest absolute Gasteiger partial charge is 0.230 e. The minimum Gasteiger partial charge on any atom is -0.274 e. The first kappa shape index (κ1) is 21.5. The fraction of sp³-hybridized carbons (Fsp3) is 0.190. The maximum Gasteiger partial charge on any atom is 0.230 e. The molecule has 0 unspecified atom stereocenters. The van der Waals surface area contributed by atoms with Crippen LogP contribution < -0.4 is 4.90 Å². The Morgan fingerprint density at radius 2 is 1.97 bits per heavy atom. The molecule has 2 heterocycles. The van der Waals surface area contributed by atoms with Gasteiger partial charge in [0.15, 0.2) is 5.13 Å². The Hall–Kier alpha value is -2.75. The summed E-state index contributed by atoms with van der Waals surface area (Å²) in [4.78, 5) is 18.8. The van der Waals surface area contributed by atoms with E-state index >= 15 is 0 Å². The maximum atomic E-state index is 12.4. The number of hydrogen-bond donors (Lipinski definition) is 0. The summed E-state index contributed by atoms with van der Waals surface area (Å²) in [7, 11) is 0. The van der Waals surface area contributed by atoms with E-state index in [0.29, 0.717) is 21.1 Å². The van der Waals surface area contributed by atoms with Gasteiger partial charge in [-0.15, -0.1) is 16.4 Å². The number of thioether (sulfide) groups is 1. The van der Waals surface area contributed by atoms with Crippen molar-refractivity contribution in [2.45, 2.75) is 31.2 Å². The van der Waals surface area contributed by atoms with Gasteiger partial charge in [0.25, 0.3) is 0 Å². The van der Waals surface area contributed by atoms with Crippen LogP contribution in [0.2, 0.25) is 5.02 Å². The van der Waals surface area contributed by atoms with Crippen LogP contribution in [-0.4, -0.2) is 31.1 Å². The van der Waals surface area contributed by atoms with E-state index in [1.54, 1.807) is 28.6 Å². The van der Waals surface area contributed by atoms with Crippen molar-refractivity contribution >= 4 is 51.4 Å². The minimum absolute atomic E-state index is 0.0684. The van der Waals surface area contributed by atoms with Crippen LogP contribution in [0.3, 0.4) is 0 Å². The molecule has 158 valence electrons. The lowest BCUT2D eigenvalue weighted by Gasteiger charge is -2.20. The zero-order valence-electron chi connectivity index (χ0n) is 16.9. The molecule has 2 aromatic carbocycles. The topological polar surface area (TPSA) is 76.8 Å². The number of halogens is 1. The third-order valence-electron chi connectivity index (χ3n) is 4.52. The van der Waals surface area contributed by atoms with Crippen LogP contribution in [0.1, 0.15) is 25.1 Å². The Labute approximate surface area is 193 Å². The van der Waals surface area contributed by atoms with Gasteiger partial charge in [0, 0.05) is 23.1 Å². The van der Waals surface area contributed by atoms with E-state index in [-0.39, 0.29) is 5.91 Å². The van der Waals surface area contributed by atoms with Crippen molar-refractivity contribution in [3.8, 4) is 5.69 Å². The van der Waals surface area contributed by atoms with E-state index in [2.05, 4.69) is 22.4 Å². The second-order valence-corrected chi connectivity index (χ2v) is 8.81. The van der Waals surface area contributed by atoms with Crippen LogP contribution in [-0.2, 0) is 17.0 Å². The summed E-state index contributed by atoms with van der Waals surface area (Å²) in [6.45, 7) is 3.63. The molecule has 0 radical (unpaired) electrons. The van der Waals surface area contributed by atoms with Gasteiger partial charge >= 0.3 is 0 Å². The molecule has 0 aliphatic carbocycles. The van der Waals surface area contributed by atoms with Gasteiger partial charge in [-0.1, -0.05) is 48.5 Å². The second-order valence-electron chi connectivity index (χ2n) is 6.60. The molecule has 0 aliphatic heterocycles. The number of thiazole rings is 1. The molecule has 7 nitrogen and oxygen atoms in total. The average Bonchev–Trinajstić information content (AvgIpc) is 3.43. The van der Waals surface area contributed by atoms with Gasteiger partial charge in [0.05, 0.1) is 17.1 Å². The Morgan fingerprint density at radius 1 is 1.19 bits per heavy atom. The van der Waals surface area contributed by atoms with E-state index in [0.717, 1.165) is 29.1 Å². The zero-order chi connectivity index (χ0) is 21.8. The molecule has 0 fully saturated rings. The molecule has 0 aliphatic rings. The van der Waals surface area contributed by atoms with E-state index in [4.69, 9.17) is 16.6 Å². The van der Waals surface area contributed by atoms with Gasteiger partial charge in [-0.25, -0.2) is 4.98 Å². The summed E-state index contributed by atoms with van der Waals surface area (Å²) in [5, 5.41) is 15.9. The van der Waals surface area contributed by atoms with Gasteiger partial charge in [0.1, 0.15) is 0 Å². The van der Waals surface area contributed by atoms with Crippen molar-refractivity contribution in [1.82, 2.24) is 25.2 Å². The summed E-state index contributed by atoms with van der Waals surface area (Å²) in [5.41, 5.74) is 3.66. The number of anilines is 2. The largest absolute Gasteiger partial charge is 0.274 e. The number of aryl methyl sites for hydroxylation is 1. The zero-order valence-corrected chi connectivity index (χ0v) is 19.3. The lowest BCUT2D eigenvalue weighted by atomic mass is 10.1. The number of amides is 1. The number of para-hydroxylation sites is 1. The Balaban J connectivity index is 1.53. The molecule has 0 N–H and O–H groups in total. The first-order chi connectivity index (χ1) is 15.1. The van der Waals surface area contributed by atoms with Crippen molar-refractivity contribution in [2.24, 2.45) is 0 Å². The van der Waals surface area contributed by atoms with Crippen LogP contribution in [0, 0.1) is 0 Å². The van der Waals surface area contributed by atoms with E-state index < -0.39 is 0 Å². The molecule has 10 heteroatoms. The van der Waals surface area contributed by atoms with Crippen LogP contribution in [0.15, 0.2) is 59.1 Å². The molecule has 0 bridgehead atoms. The number of benzene rings is 2. The predicted molar refractivity (Wildman–Crippen MR) is 124 cm³/mol. The third kappa shape index (κ3) is 4.79. The molecule has 4 rings (SSSR count). The normalized spacial score (nSPS) is 10.9. The molecule has 0 spiro atoms. The Morgan fingerprint density at radius 3 is 2.71 bits per heavy atom. The lowest BCUT2D eigenvalue weighted by molar-refractivity contribution is -0.115. The highest BCUT2D eigenvalue weighted by atomic mass is 35.5. The first-order valence-corrected chi connectivity index (χ1v) is 11.8. The third-order valence-corrected chi connectivity index (χ3v) is 6.60. The molecule has 1 amide bonds. The van der Waals surface area contributed by atoms with Crippen LogP contribution in [0.25, 0.3) is 5.69 Å². The first-order valence-electron chi connectivity index (χ1n) is 9.57. The van der Waals surface area contributed by atoms with Crippen molar-refractivity contribution < 1.29 is 4.79 Å². The van der Waals surface area contributed by atoms with Crippen molar-refractivity contribution in [3.63, 3.8) is 0 Å². The highest BCUT2D eigenvalue weighted by Gasteiger charge is 2.20. The SMILES string of the molecule is CCc1ccccc1N(C(C)=O)c1nc(CSc2nnnn2-c2ccc(Cl)cc2)cs1. The monoisotopic (exact) mass is 470 g/mol. The number of carbonyl (C=O) groups excluding carboxylic acids is 1. The fourth-order valence-corrected chi connectivity index (χ4v) is 4.95. The fourth-order valence-electron chi connectivity index (χ4n) is 3.05. The molecule has 0 saturated heterocycles. The van der Waals surface area contributed by atoms with Gasteiger partial charge in [0.2, 0.25) is 11.1 Å². The average molecular weight is 471 g/mol. The molecular formula is C21H19ClN6OS2. The van der Waals surface area contributed by atoms with Gasteiger partial charge in [-0.05, 0) is 52.7 Å². The standard InChI is InChI=1S/C21H19ClN6OS2/c1-3-15-6-4-5-7-19(15)27(14(2)29)20-23-17(12-30-20)13-31-21-24-25-26-28(21)18-10-8-16(22)9-11-18/h4-12H,3,13H2,1-2H3. The number of carbonyl (C=O) groups is 1.